The molecule has 0 spiro atoms. The zero-order chi connectivity index (χ0) is 13.5. The normalized spacial score (nSPS) is 11.4. The van der Waals surface area contributed by atoms with Crippen molar-refractivity contribution in [3.8, 4) is 0 Å². The van der Waals surface area contributed by atoms with E-state index >= 15 is 0 Å². The molecule has 0 saturated heterocycles. The number of guanidine groups is 1. The average molecular weight is 295 g/mol. The summed E-state index contributed by atoms with van der Waals surface area (Å²) in [6.07, 6.45) is 1.75. The van der Waals surface area contributed by atoms with Crippen molar-refractivity contribution >= 4 is 28.9 Å². The summed E-state index contributed by atoms with van der Waals surface area (Å²) >= 11 is 7.46. The van der Waals surface area contributed by atoms with Crippen LogP contribution in [0, 0.1) is 0 Å². The smallest absolute Gasteiger partial charge is 0.191 e. The van der Waals surface area contributed by atoms with E-state index in [0.717, 1.165) is 18.1 Å². The Hall–Kier alpha value is -1.59. The Balaban J connectivity index is 1.81. The molecule has 2 heterocycles. The van der Waals surface area contributed by atoms with Crippen molar-refractivity contribution in [2.75, 3.05) is 7.05 Å². The number of nitrogens with zero attached hydrogens (tertiary/aromatic N) is 2. The Bertz CT molecular complexity index is 522. The minimum Gasteiger partial charge on any atom is -0.352 e. The molecule has 2 rings (SSSR count). The molecule has 0 amide bonds. The van der Waals surface area contributed by atoms with Gasteiger partial charge in [-0.1, -0.05) is 23.7 Å². The first-order chi connectivity index (χ1) is 9.28. The molecule has 0 aliphatic carbocycles. The number of thiophene rings is 1. The first-order valence-electron chi connectivity index (χ1n) is 5.85. The molecule has 2 aromatic heterocycles. The Kier molecular flexibility index (Phi) is 5.18. The molecule has 2 aromatic rings. The number of rotatable bonds is 4. The van der Waals surface area contributed by atoms with E-state index in [1.807, 2.05) is 12.1 Å². The molecule has 0 aliphatic rings. The molecule has 0 radical (unpaired) electrons. The SMILES string of the molecule is CN=C(NCc1ccc(Cl)nc1)NCc1cccs1. The van der Waals surface area contributed by atoms with Gasteiger partial charge in [0.1, 0.15) is 5.15 Å². The van der Waals surface area contributed by atoms with Crippen molar-refractivity contribution in [2.45, 2.75) is 13.1 Å². The maximum absolute atomic E-state index is 5.74. The number of hydrogen-bond acceptors (Lipinski definition) is 3. The van der Waals surface area contributed by atoms with Gasteiger partial charge in [-0.3, -0.25) is 4.99 Å². The van der Waals surface area contributed by atoms with E-state index in [-0.39, 0.29) is 0 Å². The Labute approximate surface area is 121 Å². The molecule has 0 aliphatic heterocycles. The first-order valence-corrected chi connectivity index (χ1v) is 7.11. The highest BCUT2D eigenvalue weighted by atomic mass is 35.5. The van der Waals surface area contributed by atoms with E-state index in [1.54, 1.807) is 30.6 Å². The molecular weight excluding hydrogens is 280 g/mol. The second kappa shape index (κ2) is 7.11. The summed E-state index contributed by atoms with van der Waals surface area (Å²) in [5, 5.41) is 9.05. The van der Waals surface area contributed by atoms with Crippen LogP contribution in [0.4, 0.5) is 0 Å². The standard InChI is InChI=1S/C13H15ClN4S/c1-15-13(18-9-11-3-2-6-19-11)17-8-10-4-5-12(14)16-7-10/h2-7H,8-9H2,1H3,(H2,15,17,18). The lowest BCUT2D eigenvalue weighted by molar-refractivity contribution is 0.813. The van der Waals surface area contributed by atoms with Crippen LogP contribution in [0.15, 0.2) is 40.8 Å². The average Bonchev–Trinajstić information content (AvgIpc) is 2.94. The quantitative estimate of drug-likeness (QED) is 0.518. The van der Waals surface area contributed by atoms with Crippen molar-refractivity contribution in [2.24, 2.45) is 4.99 Å². The van der Waals surface area contributed by atoms with Crippen LogP contribution in [0.1, 0.15) is 10.4 Å². The highest BCUT2D eigenvalue weighted by molar-refractivity contribution is 7.09. The predicted octanol–water partition coefficient (Wildman–Crippen LogP) is 2.66. The third-order valence-electron chi connectivity index (χ3n) is 2.48. The fourth-order valence-corrected chi connectivity index (χ4v) is 2.26. The lowest BCUT2D eigenvalue weighted by atomic mass is 10.3. The summed E-state index contributed by atoms with van der Waals surface area (Å²) < 4.78 is 0. The summed E-state index contributed by atoms with van der Waals surface area (Å²) in [5.74, 6) is 0.767. The lowest BCUT2D eigenvalue weighted by Gasteiger charge is -2.11. The summed E-state index contributed by atoms with van der Waals surface area (Å²) in [4.78, 5) is 9.48. The van der Waals surface area contributed by atoms with Crippen LogP contribution in [-0.2, 0) is 13.1 Å². The van der Waals surface area contributed by atoms with Gasteiger partial charge in [-0.2, -0.15) is 0 Å². The second-order valence-electron chi connectivity index (χ2n) is 3.85. The topological polar surface area (TPSA) is 49.3 Å². The van der Waals surface area contributed by atoms with Crippen LogP contribution >= 0.6 is 22.9 Å². The summed E-state index contributed by atoms with van der Waals surface area (Å²) in [5.41, 5.74) is 1.06. The van der Waals surface area contributed by atoms with E-state index in [4.69, 9.17) is 11.6 Å². The second-order valence-corrected chi connectivity index (χ2v) is 5.27. The van der Waals surface area contributed by atoms with E-state index in [1.165, 1.54) is 4.88 Å². The molecule has 6 heteroatoms. The number of nitrogens with one attached hydrogen (secondary N) is 2. The molecule has 0 bridgehead atoms. The highest BCUT2D eigenvalue weighted by Crippen LogP contribution is 2.07. The molecule has 0 fully saturated rings. The van der Waals surface area contributed by atoms with Crippen LogP contribution in [0.5, 0.6) is 0 Å². The maximum Gasteiger partial charge on any atom is 0.191 e. The highest BCUT2D eigenvalue weighted by Gasteiger charge is 2.00. The number of hydrogen-bond donors (Lipinski definition) is 2. The maximum atomic E-state index is 5.74. The van der Waals surface area contributed by atoms with Crippen LogP contribution < -0.4 is 10.6 Å². The van der Waals surface area contributed by atoms with Crippen molar-refractivity contribution in [1.29, 1.82) is 0 Å². The van der Waals surface area contributed by atoms with Crippen LogP contribution in [0.2, 0.25) is 5.15 Å². The van der Waals surface area contributed by atoms with E-state index in [0.29, 0.717) is 11.7 Å². The fraction of sp³-hybridized carbons (Fsp3) is 0.231. The number of pyridine rings is 1. The van der Waals surface area contributed by atoms with Crippen molar-refractivity contribution in [3.05, 3.63) is 51.4 Å². The van der Waals surface area contributed by atoms with Gasteiger partial charge in [0, 0.05) is 24.7 Å². The summed E-state index contributed by atoms with van der Waals surface area (Å²) in [6, 6.07) is 7.85. The van der Waals surface area contributed by atoms with Gasteiger partial charge < -0.3 is 10.6 Å². The third-order valence-corrected chi connectivity index (χ3v) is 3.58. The number of aliphatic imine (C=N–C) groups is 1. The van der Waals surface area contributed by atoms with Crippen molar-refractivity contribution in [3.63, 3.8) is 0 Å². The minimum absolute atomic E-state index is 0.504. The van der Waals surface area contributed by atoms with Gasteiger partial charge >= 0.3 is 0 Å². The van der Waals surface area contributed by atoms with Gasteiger partial charge in [0.05, 0.1) is 6.54 Å². The van der Waals surface area contributed by atoms with E-state index in [9.17, 15) is 0 Å². The van der Waals surface area contributed by atoms with Gasteiger partial charge in [-0.15, -0.1) is 11.3 Å². The van der Waals surface area contributed by atoms with Crippen LogP contribution in [0.3, 0.4) is 0 Å². The van der Waals surface area contributed by atoms with E-state index < -0.39 is 0 Å². The molecule has 2 N–H and O–H groups in total. The Morgan fingerprint density at radius 3 is 2.79 bits per heavy atom. The zero-order valence-corrected chi connectivity index (χ0v) is 12.1. The minimum atomic E-state index is 0.504. The Morgan fingerprint density at radius 2 is 2.16 bits per heavy atom. The predicted molar refractivity (Wildman–Crippen MR) is 80.6 cm³/mol. The number of halogens is 1. The molecule has 0 aromatic carbocycles. The summed E-state index contributed by atoms with van der Waals surface area (Å²) in [6.45, 7) is 1.44. The van der Waals surface area contributed by atoms with E-state index in [2.05, 4.69) is 32.1 Å². The van der Waals surface area contributed by atoms with Gasteiger partial charge in [-0.25, -0.2) is 4.98 Å². The molecule has 0 atom stereocenters. The molecule has 19 heavy (non-hydrogen) atoms. The third kappa shape index (κ3) is 4.54. The Morgan fingerprint density at radius 1 is 1.32 bits per heavy atom. The zero-order valence-electron chi connectivity index (χ0n) is 10.6. The number of aromatic nitrogens is 1. The summed E-state index contributed by atoms with van der Waals surface area (Å²) in [7, 11) is 1.75. The van der Waals surface area contributed by atoms with Crippen LogP contribution in [0.25, 0.3) is 0 Å². The van der Waals surface area contributed by atoms with Crippen molar-refractivity contribution < 1.29 is 0 Å². The fourth-order valence-electron chi connectivity index (χ4n) is 1.50. The molecular formula is C13H15ClN4S. The monoisotopic (exact) mass is 294 g/mol. The molecule has 100 valence electrons. The first kappa shape index (κ1) is 13.8. The van der Waals surface area contributed by atoms with Gasteiger partial charge in [0.15, 0.2) is 5.96 Å². The molecule has 4 nitrogen and oxygen atoms in total. The van der Waals surface area contributed by atoms with Gasteiger partial charge in [0.2, 0.25) is 0 Å². The molecule has 0 saturated carbocycles. The van der Waals surface area contributed by atoms with Gasteiger partial charge in [-0.05, 0) is 23.1 Å². The largest absolute Gasteiger partial charge is 0.352 e. The van der Waals surface area contributed by atoms with Crippen molar-refractivity contribution in [1.82, 2.24) is 15.6 Å². The van der Waals surface area contributed by atoms with Crippen LogP contribution in [-0.4, -0.2) is 18.0 Å². The lowest BCUT2D eigenvalue weighted by Crippen LogP contribution is -2.36. The molecule has 0 unspecified atom stereocenters. The van der Waals surface area contributed by atoms with Gasteiger partial charge in [0.25, 0.3) is 0 Å².